The van der Waals surface area contributed by atoms with E-state index in [9.17, 15) is 4.79 Å². The molecule has 0 spiro atoms. The van der Waals surface area contributed by atoms with E-state index in [-0.39, 0.29) is 18.3 Å². The lowest BCUT2D eigenvalue weighted by molar-refractivity contribution is -0.117. The van der Waals surface area contributed by atoms with E-state index in [0.29, 0.717) is 31.1 Å². The highest BCUT2D eigenvalue weighted by molar-refractivity contribution is 5.91. The van der Waals surface area contributed by atoms with Gasteiger partial charge in [0.2, 0.25) is 5.91 Å². The van der Waals surface area contributed by atoms with Crippen LogP contribution < -0.4 is 15.8 Å². The first kappa shape index (κ1) is 15.8. The SMILES string of the molecule is CCOCCC(=O)Nc1cccc(OCC(N)=NO)c1. The van der Waals surface area contributed by atoms with Crippen molar-refractivity contribution in [1.29, 1.82) is 0 Å². The Morgan fingerprint density at radius 1 is 1.50 bits per heavy atom. The Hall–Kier alpha value is -2.28. The highest BCUT2D eigenvalue weighted by Crippen LogP contribution is 2.17. The number of hydrogen-bond donors (Lipinski definition) is 3. The number of anilines is 1. The van der Waals surface area contributed by atoms with Crippen molar-refractivity contribution < 1.29 is 19.5 Å². The molecule has 1 aromatic carbocycles. The summed E-state index contributed by atoms with van der Waals surface area (Å²) in [4.78, 5) is 11.6. The summed E-state index contributed by atoms with van der Waals surface area (Å²) >= 11 is 0. The Bertz CT molecular complexity index is 463. The van der Waals surface area contributed by atoms with Crippen LogP contribution in [0.5, 0.6) is 5.75 Å². The Morgan fingerprint density at radius 2 is 2.30 bits per heavy atom. The van der Waals surface area contributed by atoms with E-state index < -0.39 is 0 Å². The van der Waals surface area contributed by atoms with Crippen LogP contribution in [0, 0.1) is 0 Å². The molecule has 110 valence electrons. The molecule has 20 heavy (non-hydrogen) atoms. The lowest BCUT2D eigenvalue weighted by Crippen LogP contribution is -2.20. The molecule has 0 bridgehead atoms. The predicted molar refractivity (Wildman–Crippen MR) is 75.1 cm³/mol. The molecule has 0 fully saturated rings. The Balaban J connectivity index is 2.48. The average Bonchev–Trinajstić information content (AvgIpc) is 2.45. The summed E-state index contributed by atoms with van der Waals surface area (Å²) in [5, 5.41) is 13.9. The fraction of sp³-hybridized carbons (Fsp3) is 0.385. The number of oxime groups is 1. The summed E-state index contributed by atoms with van der Waals surface area (Å²) in [6, 6.07) is 6.85. The normalized spacial score (nSPS) is 11.2. The number of amidine groups is 1. The number of nitrogens with two attached hydrogens (primary N) is 1. The van der Waals surface area contributed by atoms with Gasteiger partial charge in [-0.05, 0) is 19.1 Å². The summed E-state index contributed by atoms with van der Waals surface area (Å²) in [5.74, 6) is 0.349. The van der Waals surface area contributed by atoms with Crippen molar-refractivity contribution in [3.63, 3.8) is 0 Å². The maximum absolute atomic E-state index is 11.6. The van der Waals surface area contributed by atoms with Crippen molar-refractivity contribution in [2.75, 3.05) is 25.1 Å². The van der Waals surface area contributed by atoms with Crippen LogP contribution in [-0.2, 0) is 9.53 Å². The van der Waals surface area contributed by atoms with Gasteiger partial charge < -0.3 is 25.7 Å². The first-order valence-electron chi connectivity index (χ1n) is 6.22. The average molecular weight is 281 g/mol. The topological polar surface area (TPSA) is 106 Å². The Kier molecular flexibility index (Phi) is 6.91. The quantitative estimate of drug-likeness (QED) is 0.218. The van der Waals surface area contributed by atoms with E-state index in [0.717, 1.165) is 0 Å². The number of carbonyl (C=O) groups is 1. The Labute approximate surface area is 117 Å². The van der Waals surface area contributed by atoms with E-state index in [1.165, 1.54) is 0 Å². The number of ether oxygens (including phenoxy) is 2. The molecule has 0 aliphatic heterocycles. The monoisotopic (exact) mass is 281 g/mol. The largest absolute Gasteiger partial charge is 0.485 e. The highest BCUT2D eigenvalue weighted by Gasteiger charge is 2.04. The van der Waals surface area contributed by atoms with Crippen LogP contribution in [0.2, 0.25) is 0 Å². The lowest BCUT2D eigenvalue weighted by Gasteiger charge is -2.08. The van der Waals surface area contributed by atoms with Gasteiger partial charge in [-0.25, -0.2) is 0 Å². The molecule has 1 aromatic rings. The molecule has 0 radical (unpaired) electrons. The molecular formula is C13H19N3O4. The third-order valence-corrected chi connectivity index (χ3v) is 2.31. The zero-order chi connectivity index (χ0) is 14.8. The molecule has 0 heterocycles. The Morgan fingerprint density at radius 3 is 3.00 bits per heavy atom. The minimum Gasteiger partial charge on any atom is -0.485 e. The van der Waals surface area contributed by atoms with Crippen molar-refractivity contribution in [2.45, 2.75) is 13.3 Å². The molecule has 7 heteroatoms. The van der Waals surface area contributed by atoms with E-state index in [1.807, 2.05) is 6.92 Å². The standard InChI is InChI=1S/C13H19N3O4/c1-2-19-7-6-13(17)15-10-4-3-5-11(8-10)20-9-12(14)16-18/h3-5,8,18H,2,6-7,9H2,1H3,(H2,14,16)(H,15,17). The van der Waals surface area contributed by atoms with E-state index in [1.54, 1.807) is 24.3 Å². The van der Waals surface area contributed by atoms with Crippen molar-refractivity contribution in [3.8, 4) is 5.75 Å². The maximum atomic E-state index is 11.6. The zero-order valence-corrected chi connectivity index (χ0v) is 11.3. The summed E-state index contributed by atoms with van der Waals surface area (Å²) < 4.78 is 10.4. The van der Waals surface area contributed by atoms with Crippen molar-refractivity contribution >= 4 is 17.4 Å². The minimum absolute atomic E-state index is 0.0295. The number of amides is 1. The lowest BCUT2D eigenvalue weighted by atomic mass is 10.3. The van der Waals surface area contributed by atoms with Crippen LogP contribution >= 0.6 is 0 Å². The number of nitrogens with one attached hydrogen (secondary N) is 1. The molecule has 0 aromatic heterocycles. The number of carbonyl (C=O) groups excluding carboxylic acids is 1. The molecule has 7 nitrogen and oxygen atoms in total. The molecular weight excluding hydrogens is 262 g/mol. The molecule has 0 atom stereocenters. The second kappa shape index (κ2) is 8.76. The second-order valence-corrected chi connectivity index (χ2v) is 3.90. The van der Waals surface area contributed by atoms with Gasteiger partial charge in [0, 0.05) is 18.4 Å². The van der Waals surface area contributed by atoms with Gasteiger partial charge in [0.1, 0.15) is 12.4 Å². The van der Waals surface area contributed by atoms with E-state index >= 15 is 0 Å². The smallest absolute Gasteiger partial charge is 0.226 e. The van der Waals surface area contributed by atoms with Gasteiger partial charge in [-0.3, -0.25) is 4.79 Å². The van der Waals surface area contributed by atoms with Crippen molar-refractivity contribution in [1.82, 2.24) is 0 Å². The molecule has 0 saturated heterocycles. The molecule has 1 amide bonds. The first-order chi connectivity index (χ1) is 9.65. The van der Waals surface area contributed by atoms with Gasteiger partial charge >= 0.3 is 0 Å². The molecule has 0 unspecified atom stereocenters. The fourth-order valence-corrected chi connectivity index (χ4v) is 1.38. The summed E-state index contributed by atoms with van der Waals surface area (Å²) in [5.41, 5.74) is 5.91. The fourth-order valence-electron chi connectivity index (χ4n) is 1.38. The summed E-state index contributed by atoms with van der Waals surface area (Å²) in [6.07, 6.45) is 0.295. The molecule has 1 rings (SSSR count). The van der Waals surface area contributed by atoms with Crippen molar-refractivity contribution in [3.05, 3.63) is 24.3 Å². The third kappa shape index (κ3) is 6.05. The van der Waals surface area contributed by atoms with Gasteiger partial charge in [0.25, 0.3) is 0 Å². The van der Waals surface area contributed by atoms with Crippen LogP contribution in [0.3, 0.4) is 0 Å². The molecule has 0 aliphatic carbocycles. The number of hydrogen-bond acceptors (Lipinski definition) is 5. The van der Waals surface area contributed by atoms with Crippen LogP contribution in [0.1, 0.15) is 13.3 Å². The first-order valence-corrected chi connectivity index (χ1v) is 6.22. The second-order valence-electron chi connectivity index (χ2n) is 3.90. The maximum Gasteiger partial charge on any atom is 0.226 e. The van der Waals surface area contributed by atoms with Gasteiger partial charge in [-0.15, -0.1) is 0 Å². The summed E-state index contributed by atoms with van der Waals surface area (Å²) in [6.45, 7) is 2.82. The number of rotatable bonds is 8. The molecule has 4 N–H and O–H groups in total. The van der Waals surface area contributed by atoms with Crippen LogP contribution in [0.15, 0.2) is 29.4 Å². The van der Waals surface area contributed by atoms with E-state index in [2.05, 4.69) is 10.5 Å². The predicted octanol–water partition coefficient (Wildman–Crippen LogP) is 1.18. The highest BCUT2D eigenvalue weighted by atomic mass is 16.5. The summed E-state index contributed by atoms with van der Waals surface area (Å²) in [7, 11) is 0. The van der Waals surface area contributed by atoms with Crippen LogP contribution in [0.4, 0.5) is 5.69 Å². The van der Waals surface area contributed by atoms with Gasteiger partial charge in [0.05, 0.1) is 13.0 Å². The molecule has 0 aliphatic rings. The number of benzene rings is 1. The van der Waals surface area contributed by atoms with Crippen LogP contribution in [-0.4, -0.2) is 36.8 Å². The van der Waals surface area contributed by atoms with Gasteiger partial charge in [-0.1, -0.05) is 11.2 Å². The molecule has 0 saturated carbocycles. The van der Waals surface area contributed by atoms with Gasteiger partial charge in [0.15, 0.2) is 5.84 Å². The number of nitrogens with zero attached hydrogens (tertiary/aromatic N) is 1. The van der Waals surface area contributed by atoms with Crippen molar-refractivity contribution in [2.24, 2.45) is 10.9 Å². The minimum atomic E-state index is -0.132. The van der Waals surface area contributed by atoms with Crippen LogP contribution in [0.25, 0.3) is 0 Å². The van der Waals surface area contributed by atoms with Gasteiger partial charge in [-0.2, -0.15) is 0 Å². The van der Waals surface area contributed by atoms with E-state index in [4.69, 9.17) is 20.4 Å². The third-order valence-electron chi connectivity index (χ3n) is 2.31. The zero-order valence-electron chi connectivity index (χ0n) is 11.3.